The molecule has 0 aliphatic carbocycles. The monoisotopic (exact) mass is 291 g/mol. The molecule has 6 nitrogen and oxygen atoms in total. The van der Waals surface area contributed by atoms with Crippen LogP contribution in [0.5, 0.6) is 0 Å². The number of hydrogen-bond donors (Lipinski definition) is 2. The van der Waals surface area contributed by atoms with E-state index in [1.165, 1.54) is 4.31 Å². The summed E-state index contributed by atoms with van der Waals surface area (Å²) in [5, 5.41) is 2.97. The summed E-state index contributed by atoms with van der Waals surface area (Å²) in [6.07, 6.45) is 3.57. The van der Waals surface area contributed by atoms with Crippen LogP contribution in [0.3, 0.4) is 0 Å². The molecule has 7 heteroatoms. The first-order chi connectivity index (χ1) is 8.99. The quantitative estimate of drug-likeness (QED) is 0.648. The van der Waals surface area contributed by atoms with Crippen molar-refractivity contribution in [2.24, 2.45) is 5.73 Å². The van der Waals surface area contributed by atoms with Gasteiger partial charge in [0.1, 0.15) is 0 Å². The third-order valence-corrected chi connectivity index (χ3v) is 5.32. The molecule has 1 rings (SSSR count). The molecule has 1 aliphatic heterocycles. The van der Waals surface area contributed by atoms with Gasteiger partial charge in [-0.15, -0.1) is 0 Å². The summed E-state index contributed by atoms with van der Waals surface area (Å²) in [6, 6.07) is 0.105. The predicted molar refractivity (Wildman–Crippen MR) is 75.1 cm³/mol. The van der Waals surface area contributed by atoms with Crippen LogP contribution in [-0.2, 0) is 14.8 Å². The smallest absolute Gasteiger partial charge is 0.220 e. The van der Waals surface area contributed by atoms with E-state index in [0.29, 0.717) is 38.9 Å². The molecule has 1 heterocycles. The van der Waals surface area contributed by atoms with Crippen LogP contribution >= 0.6 is 0 Å². The summed E-state index contributed by atoms with van der Waals surface area (Å²) >= 11 is 0. The van der Waals surface area contributed by atoms with Crippen molar-refractivity contribution in [2.45, 2.75) is 45.1 Å². The van der Waals surface area contributed by atoms with E-state index in [0.717, 1.165) is 12.8 Å². The molecule has 0 aromatic carbocycles. The number of amides is 1. The largest absolute Gasteiger partial charge is 0.353 e. The number of nitrogens with zero attached hydrogens (tertiary/aromatic N) is 1. The van der Waals surface area contributed by atoms with Crippen LogP contribution in [0.2, 0.25) is 0 Å². The number of nitrogens with one attached hydrogen (secondary N) is 1. The molecule has 1 saturated heterocycles. The number of carbonyl (C=O) groups is 1. The summed E-state index contributed by atoms with van der Waals surface area (Å²) in [6.45, 7) is 3.27. The minimum absolute atomic E-state index is 0.0465. The average Bonchev–Trinajstić information content (AvgIpc) is 2.39. The fourth-order valence-electron chi connectivity index (χ4n) is 2.19. The molecule has 19 heavy (non-hydrogen) atoms. The van der Waals surface area contributed by atoms with Crippen molar-refractivity contribution in [3.05, 3.63) is 0 Å². The van der Waals surface area contributed by atoms with E-state index in [9.17, 15) is 13.2 Å². The zero-order valence-corrected chi connectivity index (χ0v) is 12.4. The van der Waals surface area contributed by atoms with Crippen molar-refractivity contribution in [3.8, 4) is 0 Å². The van der Waals surface area contributed by atoms with Crippen LogP contribution in [-0.4, -0.2) is 50.1 Å². The highest BCUT2D eigenvalue weighted by Gasteiger charge is 2.27. The van der Waals surface area contributed by atoms with Crippen LogP contribution in [0.4, 0.5) is 0 Å². The molecule has 0 saturated carbocycles. The van der Waals surface area contributed by atoms with Gasteiger partial charge in [0.15, 0.2) is 0 Å². The van der Waals surface area contributed by atoms with Gasteiger partial charge in [0.2, 0.25) is 15.9 Å². The number of hydrogen-bond acceptors (Lipinski definition) is 4. The molecule has 3 N–H and O–H groups in total. The molecule has 1 fully saturated rings. The van der Waals surface area contributed by atoms with Gasteiger partial charge >= 0.3 is 0 Å². The Morgan fingerprint density at radius 1 is 1.32 bits per heavy atom. The Kier molecular flexibility index (Phi) is 6.74. The summed E-state index contributed by atoms with van der Waals surface area (Å²) in [4.78, 5) is 11.6. The molecule has 112 valence electrons. The molecule has 0 aromatic rings. The van der Waals surface area contributed by atoms with E-state index in [-0.39, 0.29) is 17.7 Å². The maximum absolute atomic E-state index is 11.7. The van der Waals surface area contributed by atoms with Crippen molar-refractivity contribution in [2.75, 3.05) is 25.4 Å². The third-order valence-electron chi connectivity index (χ3n) is 3.44. The fraction of sp³-hybridized carbons (Fsp3) is 0.917. The number of rotatable bonds is 7. The molecule has 0 bridgehead atoms. The lowest BCUT2D eigenvalue weighted by atomic mass is 10.1. The SMILES string of the molecule is CCS(=O)(=O)N1CCC(NC(=O)CCCCN)CC1. The molecule has 0 aromatic heterocycles. The van der Waals surface area contributed by atoms with E-state index >= 15 is 0 Å². The third kappa shape index (κ3) is 5.46. The van der Waals surface area contributed by atoms with Crippen molar-refractivity contribution in [1.29, 1.82) is 0 Å². The average molecular weight is 291 g/mol. The molecule has 0 radical (unpaired) electrons. The zero-order chi connectivity index (χ0) is 14.3. The van der Waals surface area contributed by atoms with E-state index in [4.69, 9.17) is 5.73 Å². The van der Waals surface area contributed by atoms with Gasteiger partial charge in [0.05, 0.1) is 5.75 Å². The summed E-state index contributed by atoms with van der Waals surface area (Å²) in [7, 11) is -3.08. The Hall–Kier alpha value is -0.660. The topological polar surface area (TPSA) is 92.5 Å². The molecule has 1 amide bonds. The summed E-state index contributed by atoms with van der Waals surface area (Å²) in [5.74, 6) is 0.189. The Morgan fingerprint density at radius 2 is 1.95 bits per heavy atom. The van der Waals surface area contributed by atoms with E-state index in [2.05, 4.69) is 5.32 Å². The van der Waals surface area contributed by atoms with Crippen LogP contribution in [0.25, 0.3) is 0 Å². The second kappa shape index (κ2) is 7.81. The first-order valence-electron chi connectivity index (χ1n) is 6.97. The van der Waals surface area contributed by atoms with Gasteiger partial charge in [-0.05, 0) is 39.2 Å². The molecule has 1 aliphatic rings. The molecule has 0 spiro atoms. The standard InChI is InChI=1S/C12H25N3O3S/c1-2-19(17,18)15-9-6-11(7-10-15)14-12(16)5-3-4-8-13/h11H,2-10,13H2,1H3,(H,14,16). The number of unbranched alkanes of at least 4 members (excludes halogenated alkanes) is 1. The van der Waals surface area contributed by atoms with Crippen LogP contribution in [0, 0.1) is 0 Å². The highest BCUT2D eigenvalue weighted by molar-refractivity contribution is 7.89. The zero-order valence-electron chi connectivity index (χ0n) is 11.6. The van der Waals surface area contributed by atoms with E-state index in [1.54, 1.807) is 6.92 Å². The number of carbonyl (C=O) groups excluding carboxylic acids is 1. The van der Waals surface area contributed by atoms with Gasteiger partial charge in [-0.1, -0.05) is 0 Å². The number of nitrogens with two attached hydrogens (primary N) is 1. The Balaban J connectivity index is 2.28. The van der Waals surface area contributed by atoms with Crippen molar-refractivity contribution < 1.29 is 13.2 Å². The minimum atomic E-state index is -3.08. The first kappa shape index (κ1) is 16.4. The van der Waals surface area contributed by atoms with Gasteiger partial charge in [-0.2, -0.15) is 0 Å². The lowest BCUT2D eigenvalue weighted by molar-refractivity contribution is -0.122. The summed E-state index contributed by atoms with van der Waals surface area (Å²) < 4.78 is 24.9. The van der Waals surface area contributed by atoms with Crippen molar-refractivity contribution in [1.82, 2.24) is 9.62 Å². The van der Waals surface area contributed by atoms with Crippen LogP contribution in [0.15, 0.2) is 0 Å². The molecule has 0 atom stereocenters. The maximum Gasteiger partial charge on any atom is 0.220 e. The van der Waals surface area contributed by atoms with Gasteiger partial charge < -0.3 is 11.1 Å². The Labute approximate surface area is 115 Å². The first-order valence-corrected chi connectivity index (χ1v) is 8.57. The Morgan fingerprint density at radius 3 is 2.47 bits per heavy atom. The van der Waals surface area contributed by atoms with Crippen LogP contribution in [0.1, 0.15) is 39.0 Å². The normalized spacial score (nSPS) is 18.4. The van der Waals surface area contributed by atoms with Gasteiger partial charge in [-0.25, -0.2) is 12.7 Å². The van der Waals surface area contributed by atoms with E-state index < -0.39 is 10.0 Å². The number of piperidine rings is 1. The maximum atomic E-state index is 11.7. The molecule has 0 unspecified atom stereocenters. The van der Waals surface area contributed by atoms with Crippen molar-refractivity contribution >= 4 is 15.9 Å². The van der Waals surface area contributed by atoms with E-state index in [1.807, 2.05) is 0 Å². The van der Waals surface area contributed by atoms with Gasteiger partial charge in [0.25, 0.3) is 0 Å². The second-order valence-corrected chi connectivity index (χ2v) is 7.14. The fourth-order valence-corrected chi connectivity index (χ4v) is 3.32. The lowest BCUT2D eigenvalue weighted by Gasteiger charge is -2.31. The lowest BCUT2D eigenvalue weighted by Crippen LogP contribution is -2.46. The van der Waals surface area contributed by atoms with Crippen LogP contribution < -0.4 is 11.1 Å². The highest BCUT2D eigenvalue weighted by atomic mass is 32.2. The molecular formula is C12H25N3O3S. The summed E-state index contributed by atoms with van der Waals surface area (Å²) in [5.41, 5.74) is 5.37. The second-order valence-electron chi connectivity index (χ2n) is 4.89. The van der Waals surface area contributed by atoms with Gasteiger partial charge in [0, 0.05) is 25.6 Å². The van der Waals surface area contributed by atoms with Gasteiger partial charge in [-0.3, -0.25) is 4.79 Å². The number of sulfonamides is 1. The minimum Gasteiger partial charge on any atom is -0.353 e. The van der Waals surface area contributed by atoms with Crippen molar-refractivity contribution in [3.63, 3.8) is 0 Å². The Bertz CT molecular complexity index is 376. The predicted octanol–water partition coefficient (Wildman–Crippen LogP) is 0.0457. The highest BCUT2D eigenvalue weighted by Crippen LogP contribution is 2.14. The molecular weight excluding hydrogens is 266 g/mol.